The van der Waals surface area contributed by atoms with Gasteiger partial charge in [0.1, 0.15) is 0 Å². The maximum absolute atomic E-state index is 11.0. The summed E-state index contributed by atoms with van der Waals surface area (Å²) < 4.78 is 0. The third kappa shape index (κ3) is 9.13. The Labute approximate surface area is 152 Å². The van der Waals surface area contributed by atoms with Crippen molar-refractivity contribution in [2.24, 2.45) is 10.9 Å². The molecule has 5 heteroatoms. The molecule has 3 N–H and O–H groups in total. The molecule has 0 spiro atoms. The zero-order valence-electron chi connectivity index (χ0n) is 16.2. The topological polar surface area (TPSA) is 65.5 Å². The van der Waals surface area contributed by atoms with Gasteiger partial charge in [-0.25, -0.2) is 0 Å². The Bertz CT molecular complexity index is 525. The molecular weight excluding hydrogens is 312 g/mol. The first-order valence-corrected chi connectivity index (χ1v) is 9.40. The van der Waals surface area contributed by atoms with Gasteiger partial charge in [-0.1, -0.05) is 45.2 Å². The van der Waals surface area contributed by atoms with Crippen LogP contribution < -0.4 is 16.0 Å². The van der Waals surface area contributed by atoms with Crippen LogP contribution in [0.4, 0.5) is 5.69 Å². The number of rotatable bonds is 10. The van der Waals surface area contributed by atoms with Gasteiger partial charge in [-0.3, -0.25) is 9.79 Å². The highest BCUT2D eigenvalue weighted by Crippen LogP contribution is 2.11. The molecule has 0 radical (unpaired) electrons. The number of nitrogens with zero attached hydrogens (tertiary/aromatic N) is 1. The van der Waals surface area contributed by atoms with Gasteiger partial charge < -0.3 is 16.0 Å². The molecule has 0 heterocycles. The third-order valence-corrected chi connectivity index (χ3v) is 4.31. The molecule has 0 aliphatic carbocycles. The number of anilines is 1. The Morgan fingerprint density at radius 1 is 1.16 bits per heavy atom. The smallest absolute Gasteiger partial charge is 0.221 e. The van der Waals surface area contributed by atoms with Crippen LogP contribution in [-0.2, 0) is 11.2 Å². The van der Waals surface area contributed by atoms with E-state index in [0.717, 1.165) is 31.2 Å². The molecule has 0 bridgehead atoms. The van der Waals surface area contributed by atoms with Crippen LogP contribution in [0.15, 0.2) is 29.3 Å². The number of unbranched alkanes of at least 4 members (excludes halogenated alkanes) is 1. The molecule has 1 amide bonds. The number of aliphatic imine (C=N–C) groups is 1. The molecule has 25 heavy (non-hydrogen) atoms. The molecule has 1 unspecified atom stereocenters. The Morgan fingerprint density at radius 2 is 1.88 bits per heavy atom. The maximum Gasteiger partial charge on any atom is 0.221 e. The fourth-order valence-corrected chi connectivity index (χ4v) is 2.69. The molecule has 1 aromatic carbocycles. The number of hydrogen-bond donors (Lipinski definition) is 3. The first-order valence-electron chi connectivity index (χ1n) is 9.40. The van der Waals surface area contributed by atoms with Gasteiger partial charge in [-0.05, 0) is 36.5 Å². The number of amides is 1. The summed E-state index contributed by atoms with van der Waals surface area (Å²) in [5.74, 6) is 1.53. The number of hydrogen-bond acceptors (Lipinski definition) is 2. The molecule has 0 fully saturated rings. The molecule has 0 saturated carbocycles. The second-order valence-corrected chi connectivity index (χ2v) is 6.42. The number of carbonyl (C=O) groups is 1. The van der Waals surface area contributed by atoms with Crippen molar-refractivity contribution in [2.75, 3.05) is 25.5 Å². The molecule has 1 aromatic rings. The summed E-state index contributed by atoms with van der Waals surface area (Å²) >= 11 is 0. The van der Waals surface area contributed by atoms with Crippen LogP contribution in [0.25, 0.3) is 0 Å². The summed E-state index contributed by atoms with van der Waals surface area (Å²) in [5, 5.41) is 9.59. The van der Waals surface area contributed by atoms with Gasteiger partial charge in [0, 0.05) is 32.7 Å². The SMILES string of the molecule is CCCCC(CC)CNC(=NC)NCCc1ccc(NC(C)=O)cc1. The fraction of sp³-hybridized carbons (Fsp3) is 0.600. The minimum Gasteiger partial charge on any atom is -0.356 e. The lowest BCUT2D eigenvalue weighted by Crippen LogP contribution is -2.40. The Kier molecular flexibility index (Phi) is 10.4. The lowest BCUT2D eigenvalue weighted by molar-refractivity contribution is -0.114. The highest BCUT2D eigenvalue weighted by atomic mass is 16.1. The van der Waals surface area contributed by atoms with Crippen molar-refractivity contribution in [1.82, 2.24) is 10.6 Å². The molecule has 0 aromatic heterocycles. The molecule has 1 atom stereocenters. The van der Waals surface area contributed by atoms with E-state index in [1.807, 2.05) is 31.3 Å². The van der Waals surface area contributed by atoms with Crippen LogP contribution in [-0.4, -0.2) is 32.0 Å². The molecule has 0 aliphatic rings. The molecule has 0 aliphatic heterocycles. The van der Waals surface area contributed by atoms with Gasteiger partial charge in [0.25, 0.3) is 0 Å². The van der Waals surface area contributed by atoms with Gasteiger partial charge in [-0.2, -0.15) is 0 Å². The Hall–Kier alpha value is -2.04. The van der Waals surface area contributed by atoms with Gasteiger partial charge in [0.05, 0.1) is 0 Å². The lowest BCUT2D eigenvalue weighted by Gasteiger charge is -2.18. The predicted molar refractivity (Wildman–Crippen MR) is 107 cm³/mol. The fourth-order valence-electron chi connectivity index (χ4n) is 2.69. The predicted octanol–water partition coefficient (Wildman–Crippen LogP) is 3.57. The number of carbonyl (C=O) groups excluding carboxylic acids is 1. The van der Waals surface area contributed by atoms with Crippen LogP contribution in [0.2, 0.25) is 0 Å². The molecular formula is C20H34N4O. The average Bonchev–Trinajstić information content (AvgIpc) is 2.61. The highest BCUT2D eigenvalue weighted by molar-refractivity contribution is 5.88. The largest absolute Gasteiger partial charge is 0.356 e. The summed E-state index contributed by atoms with van der Waals surface area (Å²) in [7, 11) is 1.81. The zero-order valence-corrected chi connectivity index (χ0v) is 16.2. The quantitative estimate of drug-likeness (QED) is 0.448. The number of nitrogens with one attached hydrogen (secondary N) is 3. The van der Waals surface area contributed by atoms with Crippen molar-refractivity contribution in [3.8, 4) is 0 Å². The van der Waals surface area contributed by atoms with E-state index in [1.54, 1.807) is 0 Å². The van der Waals surface area contributed by atoms with Crippen molar-refractivity contribution in [2.45, 2.75) is 52.9 Å². The Balaban J connectivity index is 2.33. The van der Waals surface area contributed by atoms with Crippen LogP contribution >= 0.6 is 0 Å². The van der Waals surface area contributed by atoms with Gasteiger partial charge >= 0.3 is 0 Å². The summed E-state index contributed by atoms with van der Waals surface area (Å²) in [6, 6.07) is 7.95. The zero-order chi connectivity index (χ0) is 18.5. The lowest BCUT2D eigenvalue weighted by atomic mass is 9.99. The molecule has 1 rings (SSSR count). The second kappa shape index (κ2) is 12.3. The van der Waals surface area contributed by atoms with E-state index in [9.17, 15) is 4.79 Å². The minimum absolute atomic E-state index is 0.0476. The van der Waals surface area contributed by atoms with Gasteiger partial charge in [-0.15, -0.1) is 0 Å². The molecule has 140 valence electrons. The first-order chi connectivity index (χ1) is 12.1. The summed E-state index contributed by atoms with van der Waals surface area (Å²) in [4.78, 5) is 15.3. The monoisotopic (exact) mass is 346 g/mol. The second-order valence-electron chi connectivity index (χ2n) is 6.42. The van der Waals surface area contributed by atoms with E-state index in [4.69, 9.17) is 0 Å². The van der Waals surface area contributed by atoms with Crippen LogP contribution in [0.1, 0.15) is 52.0 Å². The van der Waals surface area contributed by atoms with Crippen LogP contribution in [0.3, 0.4) is 0 Å². The van der Waals surface area contributed by atoms with Gasteiger partial charge in [0.15, 0.2) is 5.96 Å². The number of guanidine groups is 1. The normalized spacial score (nSPS) is 12.6. The molecule has 5 nitrogen and oxygen atoms in total. The summed E-state index contributed by atoms with van der Waals surface area (Å²) in [6.07, 6.45) is 5.93. The van der Waals surface area contributed by atoms with Crippen molar-refractivity contribution < 1.29 is 4.79 Å². The number of benzene rings is 1. The van der Waals surface area contributed by atoms with E-state index in [-0.39, 0.29) is 5.91 Å². The van der Waals surface area contributed by atoms with Crippen molar-refractivity contribution in [3.05, 3.63) is 29.8 Å². The van der Waals surface area contributed by atoms with Crippen LogP contribution in [0.5, 0.6) is 0 Å². The van der Waals surface area contributed by atoms with Crippen molar-refractivity contribution in [1.29, 1.82) is 0 Å². The van der Waals surface area contributed by atoms with E-state index < -0.39 is 0 Å². The van der Waals surface area contributed by atoms with E-state index in [0.29, 0.717) is 5.92 Å². The minimum atomic E-state index is -0.0476. The van der Waals surface area contributed by atoms with Crippen LogP contribution in [0, 0.1) is 5.92 Å². The van der Waals surface area contributed by atoms with Crippen molar-refractivity contribution >= 4 is 17.6 Å². The first kappa shape index (κ1) is 21.0. The third-order valence-electron chi connectivity index (χ3n) is 4.31. The van der Waals surface area contributed by atoms with E-state index >= 15 is 0 Å². The van der Waals surface area contributed by atoms with Gasteiger partial charge in [0.2, 0.25) is 5.91 Å². The summed E-state index contributed by atoms with van der Waals surface area (Å²) in [6.45, 7) is 7.81. The van der Waals surface area contributed by atoms with E-state index in [2.05, 4.69) is 34.8 Å². The standard InChI is InChI=1S/C20H34N4O/c1-5-7-8-17(6-2)15-23-20(21-4)22-14-13-18-9-11-19(12-10-18)24-16(3)25/h9-12,17H,5-8,13-15H2,1-4H3,(H,24,25)(H2,21,22,23). The molecule has 0 saturated heterocycles. The van der Waals surface area contributed by atoms with Crippen molar-refractivity contribution in [3.63, 3.8) is 0 Å². The van der Waals surface area contributed by atoms with E-state index in [1.165, 1.54) is 38.2 Å². The highest BCUT2D eigenvalue weighted by Gasteiger charge is 2.07. The Morgan fingerprint density at radius 3 is 2.44 bits per heavy atom. The summed E-state index contributed by atoms with van der Waals surface area (Å²) in [5.41, 5.74) is 2.06. The average molecular weight is 347 g/mol. The maximum atomic E-state index is 11.0.